The fraction of sp³-hybridized carbons (Fsp3) is 0.222. The maximum atomic E-state index is 11.3. The van der Waals surface area contributed by atoms with Crippen LogP contribution in [0, 0.1) is 0 Å². The van der Waals surface area contributed by atoms with Crippen LogP contribution < -0.4 is 0 Å². The summed E-state index contributed by atoms with van der Waals surface area (Å²) in [7, 11) is 0. The lowest BCUT2D eigenvalue weighted by atomic mass is 10.1. The van der Waals surface area contributed by atoms with Crippen LogP contribution in [0.4, 0.5) is 0 Å². The van der Waals surface area contributed by atoms with Crippen molar-refractivity contribution in [2.24, 2.45) is 0 Å². The Morgan fingerprint density at radius 3 is 2.42 bits per heavy atom. The summed E-state index contributed by atoms with van der Waals surface area (Å²) in [6.45, 7) is 0. The van der Waals surface area contributed by atoms with Gasteiger partial charge in [0.1, 0.15) is 0 Å². The Labute approximate surface area is 85.7 Å². The van der Waals surface area contributed by atoms with Crippen LogP contribution in [-0.2, 0) is 0 Å². The van der Waals surface area contributed by atoms with Crippen LogP contribution in [0.5, 0.6) is 0 Å². The third-order valence-corrected chi connectivity index (χ3v) is 2.26. The van der Waals surface area contributed by atoms with Gasteiger partial charge < -0.3 is 0 Å². The lowest BCUT2D eigenvalue weighted by Crippen LogP contribution is -1.98. The van der Waals surface area contributed by atoms with E-state index in [-0.39, 0.29) is 5.78 Å². The van der Waals surface area contributed by atoms with E-state index in [1.807, 2.05) is 24.3 Å². The van der Waals surface area contributed by atoms with Crippen LogP contribution >= 0.6 is 28.6 Å². The second kappa shape index (κ2) is 4.67. The standard InChI is InChI=1S/C9H9BrOS/c10-8-3-1-7(2-4-8)9(11)5-6-12/h1-4,12H,5-6H2. The van der Waals surface area contributed by atoms with Gasteiger partial charge in [0.05, 0.1) is 0 Å². The quantitative estimate of drug-likeness (QED) is 0.640. The number of carbonyl (C=O) groups is 1. The minimum Gasteiger partial charge on any atom is -0.294 e. The molecule has 0 radical (unpaired) electrons. The van der Waals surface area contributed by atoms with Crippen LogP contribution in [0.2, 0.25) is 0 Å². The molecule has 0 fully saturated rings. The maximum Gasteiger partial charge on any atom is 0.163 e. The summed E-state index contributed by atoms with van der Waals surface area (Å²) in [4.78, 5) is 11.3. The van der Waals surface area contributed by atoms with Gasteiger partial charge in [-0.2, -0.15) is 12.6 Å². The van der Waals surface area contributed by atoms with Gasteiger partial charge in [0.2, 0.25) is 0 Å². The van der Waals surface area contributed by atoms with Crippen molar-refractivity contribution in [3.63, 3.8) is 0 Å². The summed E-state index contributed by atoms with van der Waals surface area (Å²) in [6.07, 6.45) is 0.505. The number of carbonyl (C=O) groups excluding carboxylic acids is 1. The smallest absolute Gasteiger partial charge is 0.163 e. The summed E-state index contributed by atoms with van der Waals surface area (Å²) >= 11 is 7.31. The molecular weight excluding hydrogens is 236 g/mol. The Hall–Kier alpha value is -0.280. The first-order valence-corrected chi connectivity index (χ1v) is 5.06. The van der Waals surface area contributed by atoms with E-state index in [1.54, 1.807) is 0 Å². The van der Waals surface area contributed by atoms with Gasteiger partial charge in [0, 0.05) is 16.5 Å². The first-order chi connectivity index (χ1) is 5.74. The van der Waals surface area contributed by atoms with Crippen LogP contribution in [0.1, 0.15) is 16.8 Å². The number of hydrogen-bond acceptors (Lipinski definition) is 2. The molecule has 0 aliphatic carbocycles. The molecule has 0 bridgehead atoms. The molecule has 0 spiro atoms. The maximum absolute atomic E-state index is 11.3. The number of Topliss-reactive ketones (excluding diaryl/α,β-unsaturated/α-hetero) is 1. The van der Waals surface area contributed by atoms with Crippen LogP contribution in [-0.4, -0.2) is 11.5 Å². The van der Waals surface area contributed by atoms with Crippen LogP contribution in [0.25, 0.3) is 0 Å². The minimum atomic E-state index is 0.150. The Balaban J connectivity index is 2.75. The van der Waals surface area contributed by atoms with E-state index in [4.69, 9.17) is 0 Å². The summed E-state index contributed by atoms with van der Waals surface area (Å²) < 4.78 is 0.991. The summed E-state index contributed by atoms with van der Waals surface area (Å²) in [5, 5.41) is 0. The van der Waals surface area contributed by atoms with Crippen molar-refractivity contribution in [3.05, 3.63) is 34.3 Å². The molecule has 1 rings (SSSR count). The molecule has 0 aliphatic heterocycles. The number of thiol groups is 1. The topological polar surface area (TPSA) is 17.1 Å². The number of hydrogen-bond donors (Lipinski definition) is 1. The average Bonchev–Trinajstić information content (AvgIpc) is 2.06. The van der Waals surface area contributed by atoms with Gasteiger partial charge >= 0.3 is 0 Å². The van der Waals surface area contributed by atoms with Crippen molar-refractivity contribution in [1.82, 2.24) is 0 Å². The fourth-order valence-electron chi connectivity index (χ4n) is 0.882. The molecule has 12 heavy (non-hydrogen) atoms. The minimum absolute atomic E-state index is 0.150. The van der Waals surface area contributed by atoms with Gasteiger partial charge in [0.25, 0.3) is 0 Å². The van der Waals surface area contributed by atoms with Gasteiger partial charge in [-0.25, -0.2) is 0 Å². The highest BCUT2D eigenvalue weighted by molar-refractivity contribution is 9.10. The lowest BCUT2D eigenvalue weighted by Gasteiger charge is -1.97. The molecule has 0 N–H and O–H groups in total. The molecule has 0 saturated carbocycles. The lowest BCUT2D eigenvalue weighted by molar-refractivity contribution is 0.0989. The summed E-state index contributed by atoms with van der Waals surface area (Å²) in [5.74, 6) is 0.757. The van der Waals surface area contributed by atoms with Gasteiger partial charge in [-0.3, -0.25) is 4.79 Å². The molecule has 0 unspecified atom stereocenters. The molecule has 0 aromatic heterocycles. The zero-order valence-electron chi connectivity index (χ0n) is 6.46. The van der Waals surface area contributed by atoms with Gasteiger partial charge in [-0.1, -0.05) is 28.1 Å². The highest BCUT2D eigenvalue weighted by Gasteiger charge is 2.02. The molecule has 0 atom stereocenters. The SMILES string of the molecule is O=C(CCS)c1ccc(Br)cc1. The number of halogens is 1. The molecule has 1 aromatic carbocycles. The van der Waals surface area contributed by atoms with E-state index in [0.29, 0.717) is 12.2 Å². The molecule has 3 heteroatoms. The molecular formula is C9H9BrOS. The Kier molecular flexibility index (Phi) is 3.82. The first kappa shape index (κ1) is 9.81. The molecule has 0 amide bonds. The predicted octanol–water partition coefficient (Wildman–Crippen LogP) is 2.95. The Morgan fingerprint density at radius 2 is 1.92 bits per heavy atom. The van der Waals surface area contributed by atoms with Gasteiger partial charge in [-0.05, 0) is 17.9 Å². The van der Waals surface area contributed by atoms with Crippen molar-refractivity contribution in [3.8, 4) is 0 Å². The van der Waals surface area contributed by atoms with E-state index in [1.165, 1.54) is 0 Å². The van der Waals surface area contributed by atoms with E-state index in [2.05, 4.69) is 28.6 Å². The molecule has 64 valence electrons. The summed E-state index contributed by atoms with van der Waals surface area (Å²) in [5.41, 5.74) is 0.757. The Bertz CT molecular complexity index is 268. The van der Waals surface area contributed by atoms with E-state index in [9.17, 15) is 4.79 Å². The number of benzene rings is 1. The monoisotopic (exact) mass is 244 g/mol. The largest absolute Gasteiger partial charge is 0.294 e. The van der Waals surface area contributed by atoms with Crippen molar-refractivity contribution in [1.29, 1.82) is 0 Å². The van der Waals surface area contributed by atoms with Crippen molar-refractivity contribution in [2.45, 2.75) is 6.42 Å². The number of rotatable bonds is 3. The molecule has 1 nitrogen and oxygen atoms in total. The highest BCUT2D eigenvalue weighted by atomic mass is 79.9. The third kappa shape index (κ3) is 2.64. The normalized spacial score (nSPS) is 9.83. The van der Waals surface area contributed by atoms with Crippen molar-refractivity contribution < 1.29 is 4.79 Å². The predicted molar refractivity (Wildman–Crippen MR) is 56.9 cm³/mol. The van der Waals surface area contributed by atoms with E-state index < -0.39 is 0 Å². The second-order valence-corrected chi connectivity index (χ2v) is 3.77. The Morgan fingerprint density at radius 1 is 1.33 bits per heavy atom. The zero-order chi connectivity index (χ0) is 8.97. The van der Waals surface area contributed by atoms with Crippen molar-refractivity contribution in [2.75, 3.05) is 5.75 Å². The molecule has 1 aromatic rings. The highest BCUT2D eigenvalue weighted by Crippen LogP contribution is 2.11. The molecule has 0 heterocycles. The van der Waals surface area contributed by atoms with Crippen LogP contribution in [0.15, 0.2) is 28.7 Å². The van der Waals surface area contributed by atoms with E-state index >= 15 is 0 Å². The molecule has 0 saturated heterocycles. The van der Waals surface area contributed by atoms with E-state index in [0.717, 1.165) is 10.0 Å². The second-order valence-electron chi connectivity index (χ2n) is 2.40. The van der Waals surface area contributed by atoms with Gasteiger partial charge in [-0.15, -0.1) is 0 Å². The summed E-state index contributed by atoms with van der Waals surface area (Å²) in [6, 6.07) is 7.36. The van der Waals surface area contributed by atoms with Crippen LogP contribution in [0.3, 0.4) is 0 Å². The first-order valence-electron chi connectivity index (χ1n) is 3.63. The number of ketones is 1. The van der Waals surface area contributed by atoms with Gasteiger partial charge in [0.15, 0.2) is 5.78 Å². The third-order valence-electron chi connectivity index (χ3n) is 1.51. The van der Waals surface area contributed by atoms with Crippen molar-refractivity contribution >= 4 is 34.3 Å². The zero-order valence-corrected chi connectivity index (χ0v) is 8.94. The molecule has 0 aliphatic rings. The average molecular weight is 245 g/mol. The fourth-order valence-corrected chi connectivity index (χ4v) is 1.35.